The average Bonchev–Trinajstić information content (AvgIpc) is 3.37. The summed E-state index contributed by atoms with van der Waals surface area (Å²) >= 11 is 6.10. The molecule has 4 rings (SSSR count). The molecule has 0 unspecified atom stereocenters. The predicted octanol–water partition coefficient (Wildman–Crippen LogP) is 4.42. The second-order valence-corrected chi connectivity index (χ2v) is 8.88. The Morgan fingerprint density at radius 3 is 2.63 bits per heavy atom. The van der Waals surface area contributed by atoms with Crippen molar-refractivity contribution in [1.29, 1.82) is 0 Å². The highest BCUT2D eigenvalue weighted by molar-refractivity contribution is 6.30. The fourth-order valence-corrected chi connectivity index (χ4v) is 4.19. The number of carbonyl (C=O) groups excluding carboxylic acids is 1. The van der Waals surface area contributed by atoms with Crippen LogP contribution in [-0.2, 0) is 0 Å². The molecule has 1 fully saturated rings. The lowest BCUT2D eigenvalue weighted by atomic mass is 10.1. The molecule has 35 heavy (non-hydrogen) atoms. The van der Waals surface area contributed by atoms with E-state index >= 15 is 0 Å². The molecule has 0 spiro atoms. The van der Waals surface area contributed by atoms with Crippen LogP contribution in [0.2, 0.25) is 5.02 Å². The van der Waals surface area contributed by atoms with Crippen LogP contribution in [0.4, 0.5) is 5.69 Å². The molecule has 0 saturated carbocycles. The fourth-order valence-electron chi connectivity index (χ4n) is 4.00. The highest BCUT2D eigenvalue weighted by atomic mass is 35.5. The first-order chi connectivity index (χ1) is 17.0. The second-order valence-electron chi connectivity index (χ2n) is 8.44. The van der Waals surface area contributed by atoms with Gasteiger partial charge in [-0.25, -0.2) is 0 Å². The number of hydrogen-bond donors (Lipinski definition) is 1. The first-order valence-electron chi connectivity index (χ1n) is 11.8. The molecule has 1 amide bonds. The molecule has 3 aromatic rings. The summed E-state index contributed by atoms with van der Waals surface area (Å²) in [4.78, 5) is 16.8. The van der Waals surface area contributed by atoms with Gasteiger partial charge in [0.2, 0.25) is 5.76 Å². The Labute approximate surface area is 210 Å². The van der Waals surface area contributed by atoms with Gasteiger partial charge in [0.1, 0.15) is 5.75 Å². The van der Waals surface area contributed by atoms with Gasteiger partial charge in [0, 0.05) is 42.9 Å². The monoisotopic (exact) mass is 498 g/mol. The number of piperazine rings is 1. The number of halogens is 1. The largest absolute Gasteiger partial charge is 0.497 e. The van der Waals surface area contributed by atoms with Crippen molar-refractivity contribution in [3.8, 4) is 11.6 Å². The van der Waals surface area contributed by atoms with Crippen molar-refractivity contribution >= 4 is 23.2 Å². The molecular formula is C26H31ClN4O4. The van der Waals surface area contributed by atoms with E-state index in [2.05, 4.69) is 34.4 Å². The van der Waals surface area contributed by atoms with Gasteiger partial charge in [-0.3, -0.25) is 4.79 Å². The molecule has 9 heteroatoms. The number of hydrogen-bond acceptors (Lipinski definition) is 7. The van der Waals surface area contributed by atoms with E-state index in [1.54, 1.807) is 18.1 Å². The van der Waals surface area contributed by atoms with Crippen LogP contribution in [0, 0.1) is 0 Å². The van der Waals surface area contributed by atoms with E-state index in [1.807, 2.05) is 36.4 Å². The summed E-state index contributed by atoms with van der Waals surface area (Å²) in [6, 6.07) is 17.6. The standard InChI is InChI=1S/C26H31ClN4O4/c1-19(20-7-9-23(33-2)10-8-20)28-11-4-16-34-25-18-24(35-29-25)26(32)31-14-12-30(13-15-31)22-6-3-5-21(27)17-22/h3,5-10,17-19,28H,4,11-16H2,1-2H3/t19-/m1/s1. The van der Waals surface area contributed by atoms with E-state index in [0.29, 0.717) is 30.6 Å². The SMILES string of the molecule is COc1ccc([C@@H](C)NCCCOc2cc(C(=O)N3CCN(c4cccc(Cl)c4)CC3)on2)cc1. The van der Waals surface area contributed by atoms with E-state index in [4.69, 9.17) is 25.6 Å². The smallest absolute Gasteiger partial charge is 0.292 e. The van der Waals surface area contributed by atoms with Gasteiger partial charge in [-0.2, -0.15) is 0 Å². The summed E-state index contributed by atoms with van der Waals surface area (Å²) < 4.78 is 16.1. The molecule has 2 aromatic carbocycles. The zero-order valence-corrected chi connectivity index (χ0v) is 20.8. The molecule has 1 atom stereocenters. The number of nitrogens with one attached hydrogen (secondary N) is 1. The van der Waals surface area contributed by atoms with Crippen molar-refractivity contribution in [3.05, 3.63) is 70.9 Å². The lowest BCUT2D eigenvalue weighted by molar-refractivity contribution is 0.0704. The highest BCUT2D eigenvalue weighted by Crippen LogP contribution is 2.22. The number of anilines is 1. The number of rotatable bonds is 10. The summed E-state index contributed by atoms with van der Waals surface area (Å²) in [6.07, 6.45) is 0.794. The fraction of sp³-hybridized carbons (Fsp3) is 0.385. The summed E-state index contributed by atoms with van der Waals surface area (Å²) in [5, 5.41) is 8.08. The van der Waals surface area contributed by atoms with Crippen LogP contribution in [0.15, 0.2) is 59.1 Å². The van der Waals surface area contributed by atoms with E-state index in [1.165, 1.54) is 5.56 Å². The van der Waals surface area contributed by atoms with E-state index < -0.39 is 0 Å². The topological polar surface area (TPSA) is 80.1 Å². The van der Waals surface area contributed by atoms with Crippen LogP contribution in [0.3, 0.4) is 0 Å². The maximum absolute atomic E-state index is 12.8. The Bertz CT molecular complexity index is 1100. The minimum absolute atomic E-state index is 0.173. The van der Waals surface area contributed by atoms with Crippen LogP contribution in [-0.4, -0.2) is 62.4 Å². The van der Waals surface area contributed by atoms with Crippen LogP contribution < -0.4 is 19.7 Å². The van der Waals surface area contributed by atoms with Crippen molar-refractivity contribution in [2.24, 2.45) is 0 Å². The first kappa shape index (κ1) is 24.9. The normalized spacial score (nSPS) is 14.6. The van der Waals surface area contributed by atoms with Crippen LogP contribution in [0.5, 0.6) is 11.6 Å². The zero-order valence-electron chi connectivity index (χ0n) is 20.1. The van der Waals surface area contributed by atoms with Gasteiger partial charge in [-0.05, 0) is 60.9 Å². The van der Waals surface area contributed by atoms with Crippen molar-refractivity contribution in [1.82, 2.24) is 15.4 Å². The minimum atomic E-state index is -0.173. The minimum Gasteiger partial charge on any atom is -0.497 e. The van der Waals surface area contributed by atoms with E-state index in [0.717, 1.165) is 37.5 Å². The molecule has 0 aliphatic carbocycles. The van der Waals surface area contributed by atoms with Gasteiger partial charge in [0.15, 0.2) is 0 Å². The van der Waals surface area contributed by atoms with E-state index in [-0.39, 0.29) is 17.7 Å². The predicted molar refractivity (Wildman–Crippen MR) is 136 cm³/mol. The maximum Gasteiger partial charge on any atom is 0.292 e. The lowest BCUT2D eigenvalue weighted by Crippen LogP contribution is -2.48. The number of benzene rings is 2. The number of ether oxygens (including phenoxy) is 2. The van der Waals surface area contributed by atoms with Gasteiger partial charge in [-0.15, -0.1) is 0 Å². The highest BCUT2D eigenvalue weighted by Gasteiger charge is 2.25. The third-order valence-corrected chi connectivity index (χ3v) is 6.31. The van der Waals surface area contributed by atoms with Gasteiger partial charge in [0.05, 0.1) is 19.8 Å². The third-order valence-electron chi connectivity index (χ3n) is 6.08. The number of aromatic nitrogens is 1. The van der Waals surface area contributed by atoms with Crippen molar-refractivity contribution in [3.63, 3.8) is 0 Å². The van der Waals surface area contributed by atoms with Crippen molar-refractivity contribution in [2.45, 2.75) is 19.4 Å². The van der Waals surface area contributed by atoms with Crippen LogP contribution in [0.1, 0.15) is 35.5 Å². The number of nitrogens with zero attached hydrogens (tertiary/aromatic N) is 3. The molecule has 1 saturated heterocycles. The van der Waals surface area contributed by atoms with Crippen LogP contribution in [0.25, 0.3) is 0 Å². The Balaban J connectivity index is 1.17. The molecule has 8 nitrogen and oxygen atoms in total. The summed E-state index contributed by atoms with van der Waals surface area (Å²) in [5.41, 5.74) is 2.26. The Morgan fingerprint density at radius 2 is 1.91 bits per heavy atom. The molecule has 0 bridgehead atoms. The number of methoxy groups -OCH3 is 1. The molecule has 186 valence electrons. The Hall–Kier alpha value is -3.23. The summed E-state index contributed by atoms with van der Waals surface area (Å²) in [5.74, 6) is 1.20. The quantitative estimate of drug-likeness (QED) is 0.414. The third kappa shape index (κ3) is 6.68. The molecule has 0 radical (unpaired) electrons. The molecule has 1 aromatic heterocycles. The average molecular weight is 499 g/mol. The van der Waals surface area contributed by atoms with Gasteiger partial charge >= 0.3 is 0 Å². The van der Waals surface area contributed by atoms with Crippen molar-refractivity contribution < 1.29 is 18.8 Å². The molecular weight excluding hydrogens is 468 g/mol. The number of amides is 1. The molecule has 1 aliphatic rings. The zero-order chi connectivity index (χ0) is 24.6. The number of carbonyl (C=O) groups is 1. The van der Waals surface area contributed by atoms with E-state index in [9.17, 15) is 4.79 Å². The summed E-state index contributed by atoms with van der Waals surface area (Å²) in [6.45, 7) is 6.03. The first-order valence-corrected chi connectivity index (χ1v) is 12.2. The van der Waals surface area contributed by atoms with Crippen molar-refractivity contribution in [2.75, 3.05) is 51.3 Å². The summed E-state index contributed by atoms with van der Waals surface area (Å²) in [7, 11) is 1.66. The maximum atomic E-state index is 12.8. The van der Waals surface area contributed by atoms with Gasteiger partial charge in [0.25, 0.3) is 11.8 Å². The van der Waals surface area contributed by atoms with Gasteiger partial charge in [-0.1, -0.05) is 29.8 Å². The lowest BCUT2D eigenvalue weighted by Gasteiger charge is -2.35. The molecule has 2 heterocycles. The Morgan fingerprint density at radius 1 is 1.14 bits per heavy atom. The molecule has 1 N–H and O–H groups in total. The Kier molecular flexibility index (Phi) is 8.50. The molecule has 1 aliphatic heterocycles. The second kappa shape index (κ2) is 12.0. The van der Waals surface area contributed by atoms with Gasteiger partial charge < -0.3 is 29.1 Å². The van der Waals surface area contributed by atoms with Crippen LogP contribution >= 0.6 is 11.6 Å².